The Hall–Kier alpha value is -0.500. The Kier molecular flexibility index (Phi) is 3.68. The minimum atomic E-state index is 0.532. The molecule has 2 rings (SSSR count). The van der Waals surface area contributed by atoms with Gasteiger partial charge in [0.25, 0.3) is 0 Å². The van der Waals surface area contributed by atoms with E-state index in [9.17, 15) is 0 Å². The lowest BCUT2D eigenvalue weighted by molar-refractivity contribution is 0.326. The van der Waals surface area contributed by atoms with E-state index < -0.39 is 0 Å². The van der Waals surface area contributed by atoms with E-state index in [1.165, 1.54) is 44.2 Å². The lowest BCUT2D eigenvalue weighted by atomic mass is 9.85. The minimum absolute atomic E-state index is 0.532. The molecular formula is C13H24N2. The molecule has 0 aromatic carbocycles. The standard InChI is InChI=1S/C13H24N2/c1-3-8-14-10(2)13-9-11-6-4-5-7-12(11)15-13/h11-15H,2-9H2,1H3/t11-,12-,13-/m0/s1. The quantitative estimate of drug-likeness (QED) is 0.741. The zero-order chi connectivity index (χ0) is 10.7. The van der Waals surface area contributed by atoms with E-state index >= 15 is 0 Å². The molecule has 2 heteroatoms. The van der Waals surface area contributed by atoms with Crippen molar-refractivity contribution < 1.29 is 0 Å². The summed E-state index contributed by atoms with van der Waals surface area (Å²) in [4.78, 5) is 0. The molecule has 1 aliphatic heterocycles. The van der Waals surface area contributed by atoms with Crippen molar-refractivity contribution in [3.8, 4) is 0 Å². The van der Waals surface area contributed by atoms with Gasteiger partial charge in [-0.25, -0.2) is 0 Å². The second kappa shape index (κ2) is 5.02. The maximum Gasteiger partial charge on any atom is 0.0468 e. The average Bonchev–Trinajstić information content (AvgIpc) is 2.69. The monoisotopic (exact) mass is 208 g/mol. The lowest BCUT2D eigenvalue weighted by Crippen LogP contribution is -2.36. The van der Waals surface area contributed by atoms with Gasteiger partial charge in [-0.05, 0) is 31.6 Å². The van der Waals surface area contributed by atoms with Crippen molar-refractivity contribution in [2.24, 2.45) is 5.92 Å². The van der Waals surface area contributed by atoms with E-state index in [4.69, 9.17) is 0 Å². The molecule has 0 amide bonds. The van der Waals surface area contributed by atoms with Gasteiger partial charge in [-0.2, -0.15) is 0 Å². The maximum atomic E-state index is 4.16. The van der Waals surface area contributed by atoms with Crippen LogP contribution in [0.4, 0.5) is 0 Å². The molecule has 2 aliphatic rings. The molecule has 0 radical (unpaired) electrons. The van der Waals surface area contributed by atoms with E-state index in [0.29, 0.717) is 6.04 Å². The van der Waals surface area contributed by atoms with Crippen molar-refractivity contribution in [1.29, 1.82) is 0 Å². The van der Waals surface area contributed by atoms with Crippen molar-refractivity contribution in [2.75, 3.05) is 6.54 Å². The fraction of sp³-hybridized carbons (Fsp3) is 0.846. The molecule has 2 N–H and O–H groups in total. The van der Waals surface area contributed by atoms with Crippen molar-refractivity contribution >= 4 is 0 Å². The lowest BCUT2D eigenvalue weighted by Gasteiger charge is -2.24. The summed E-state index contributed by atoms with van der Waals surface area (Å²) in [6.07, 6.45) is 8.14. The fourth-order valence-corrected chi connectivity index (χ4v) is 2.99. The largest absolute Gasteiger partial charge is 0.388 e. The fourth-order valence-electron chi connectivity index (χ4n) is 2.99. The van der Waals surface area contributed by atoms with Crippen LogP contribution in [-0.2, 0) is 0 Å². The third kappa shape index (κ3) is 2.54. The number of hydrogen-bond donors (Lipinski definition) is 2. The molecule has 0 aromatic rings. The average molecular weight is 208 g/mol. The molecule has 0 unspecified atom stereocenters. The van der Waals surface area contributed by atoms with Crippen molar-refractivity contribution in [2.45, 2.75) is 57.5 Å². The van der Waals surface area contributed by atoms with Crippen LogP contribution in [-0.4, -0.2) is 18.6 Å². The molecule has 1 aliphatic carbocycles. The highest BCUT2D eigenvalue weighted by Crippen LogP contribution is 2.34. The summed E-state index contributed by atoms with van der Waals surface area (Å²) in [6.45, 7) is 7.42. The second-order valence-corrected chi connectivity index (χ2v) is 5.06. The summed E-state index contributed by atoms with van der Waals surface area (Å²) in [5.74, 6) is 0.920. The highest BCUT2D eigenvalue weighted by atomic mass is 15.1. The number of rotatable bonds is 4. The first-order valence-corrected chi connectivity index (χ1v) is 6.50. The summed E-state index contributed by atoms with van der Waals surface area (Å²) in [5, 5.41) is 7.17. The van der Waals surface area contributed by atoms with Crippen molar-refractivity contribution in [1.82, 2.24) is 10.6 Å². The van der Waals surface area contributed by atoms with Crippen LogP contribution >= 0.6 is 0 Å². The Balaban J connectivity index is 1.82. The Morgan fingerprint density at radius 1 is 1.40 bits per heavy atom. The topological polar surface area (TPSA) is 24.1 Å². The van der Waals surface area contributed by atoms with Gasteiger partial charge in [-0.15, -0.1) is 0 Å². The Morgan fingerprint density at radius 3 is 2.93 bits per heavy atom. The zero-order valence-corrected chi connectivity index (χ0v) is 9.89. The van der Waals surface area contributed by atoms with Gasteiger partial charge in [-0.3, -0.25) is 0 Å². The van der Waals surface area contributed by atoms with Crippen LogP contribution in [0.15, 0.2) is 12.3 Å². The SMILES string of the molecule is C=C(NCCC)[C@@H]1C[C@@H]2CCCC[C@@H]2N1. The summed E-state index contributed by atoms with van der Waals surface area (Å²) < 4.78 is 0. The highest BCUT2D eigenvalue weighted by Gasteiger charge is 2.35. The minimum Gasteiger partial charge on any atom is -0.388 e. The van der Waals surface area contributed by atoms with E-state index in [1.807, 2.05) is 0 Å². The molecule has 1 saturated carbocycles. The number of fused-ring (bicyclic) bond motifs is 1. The molecule has 1 heterocycles. The van der Waals surface area contributed by atoms with E-state index in [-0.39, 0.29) is 0 Å². The summed E-state index contributed by atoms with van der Waals surface area (Å²) in [6, 6.07) is 1.31. The Labute approximate surface area is 93.5 Å². The normalized spacial score (nSPS) is 34.9. The molecule has 2 nitrogen and oxygen atoms in total. The molecule has 0 aromatic heterocycles. The molecule has 0 bridgehead atoms. The van der Waals surface area contributed by atoms with Crippen LogP contribution in [0.25, 0.3) is 0 Å². The molecule has 15 heavy (non-hydrogen) atoms. The van der Waals surface area contributed by atoms with Gasteiger partial charge >= 0.3 is 0 Å². The van der Waals surface area contributed by atoms with Crippen LogP contribution < -0.4 is 10.6 Å². The molecule has 0 spiro atoms. The summed E-state index contributed by atoms with van der Waals surface area (Å²) in [7, 11) is 0. The van der Waals surface area contributed by atoms with Gasteiger partial charge < -0.3 is 10.6 Å². The van der Waals surface area contributed by atoms with Gasteiger partial charge in [0.2, 0.25) is 0 Å². The van der Waals surface area contributed by atoms with Gasteiger partial charge in [-0.1, -0.05) is 26.3 Å². The van der Waals surface area contributed by atoms with Gasteiger partial charge in [0, 0.05) is 24.3 Å². The Bertz CT molecular complexity index is 211. The van der Waals surface area contributed by atoms with E-state index in [0.717, 1.165) is 18.5 Å². The van der Waals surface area contributed by atoms with Crippen LogP contribution in [0.1, 0.15) is 45.4 Å². The predicted molar refractivity (Wildman–Crippen MR) is 64.7 cm³/mol. The van der Waals surface area contributed by atoms with Gasteiger partial charge in [0.05, 0.1) is 0 Å². The van der Waals surface area contributed by atoms with Crippen LogP contribution in [0.3, 0.4) is 0 Å². The van der Waals surface area contributed by atoms with Crippen molar-refractivity contribution in [3.63, 3.8) is 0 Å². The molecular weight excluding hydrogens is 184 g/mol. The number of hydrogen-bond acceptors (Lipinski definition) is 2. The first-order chi connectivity index (χ1) is 7.31. The van der Waals surface area contributed by atoms with Crippen LogP contribution in [0, 0.1) is 5.92 Å². The predicted octanol–water partition coefficient (Wildman–Crippen LogP) is 2.42. The Morgan fingerprint density at radius 2 is 2.20 bits per heavy atom. The van der Waals surface area contributed by atoms with Crippen LogP contribution in [0.5, 0.6) is 0 Å². The molecule has 3 atom stereocenters. The van der Waals surface area contributed by atoms with Gasteiger partial charge in [0.15, 0.2) is 0 Å². The molecule has 1 saturated heterocycles. The van der Waals surface area contributed by atoms with Crippen molar-refractivity contribution in [3.05, 3.63) is 12.3 Å². The maximum absolute atomic E-state index is 4.16. The summed E-state index contributed by atoms with van der Waals surface area (Å²) in [5.41, 5.74) is 1.21. The smallest absolute Gasteiger partial charge is 0.0468 e. The third-order valence-corrected chi connectivity index (χ3v) is 3.89. The number of nitrogens with one attached hydrogen (secondary N) is 2. The highest BCUT2D eigenvalue weighted by molar-refractivity contribution is 5.09. The molecule has 2 fully saturated rings. The molecule has 86 valence electrons. The second-order valence-electron chi connectivity index (χ2n) is 5.06. The summed E-state index contributed by atoms with van der Waals surface area (Å²) >= 11 is 0. The van der Waals surface area contributed by atoms with Crippen LogP contribution in [0.2, 0.25) is 0 Å². The third-order valence-electron chi connectivity index (χ3n) is 3.89. The first-order valence-electron chi connectivity index (χ1n) is 6.50. The first kappa shape index (κ1) is 11.0. The van der Waals surface area contributed by atoms with Gasteiger partial charge in [0.1, 0.15) is 0 Å². The van der Waals surface area contributed by atoms with E-state index in [2.05, 4.69) is 24.1 Å². The zero-order valence-electron chi connectivity index (χ0n) is 9.89. The van der Waals surface area contributed by atoms with E-state index in [1.54, 1.807) is 0 Å².